The van der Waals surface area contributed by atoms with E-state index in [1.807, 2.05) is 19.1 Å². The zero-order chi connectivity index (χ0) is 19.4. The maximum Gasteiger partial charge on any atom is 0.275 e. The van der Waals surface area contributed by atoms with Gasteiger partial charge in [0.25, 0.3) is 5.91 Å². The Kier molecular flexibility index (Phi) is 6.55. The lowest BCUT2D eigenvalue weighted by Gasteiger charge is -2.33. The van der Waals surface area contributed by atoms with Crippen LogP contribution in [0.25, 0.3) is 0 Å². The van der Waals surface area contributed by atoms with Crippen LogP contribution in [0.5, 0.6) is 0 Å². The normalized spacial score (nSPS) is 25.3. The molecule has 2 fully saturated rings. The van der Waals surface area contributed by atoms with Gasteiger partial charge in [-0.05, 0) is 37.8 Å². The van der Waals surface area contributed by atoms with Crippen LogP contribution in [-0.2, 0) is 14.8 Å². The van der Waals surface area contributed by atoms with E-state index in [0.717, 1.165) is 16.9 Å². The van der Waals surface area contributed by atoms with Crippen molar-refractivity contribution in [2.75, 3.05) is 32.7 Å². The van der Waals surface area contributed by atoms with Gasteiger partial charge in [0.2, 0.25) is 10.0 Å². The lowest BCUT2D eigenvalue weighted by molar-refractivity contribution is -0.895. The lowest BCUT2D eigenvalue weighted by Crippen LogP contribution is -3.15. The van der Waals surface area contributed by atoms with E-state index in [1.165, 1.54) is 19.3 Å². The number of rotatable bonds is 5. The maximum absolute atomic E-state index is 12.8. The molecule has 0 spiro atoms. The van der Waals surface area contributed by atoms with E-state index in [9.17, 15) is 13.2 Å². The molecule has 1 saturated carbocycles. The molecule has 1 heterocycles. The Labute approximate surface area is 163 Å². The van der Waals surface area contributed by atoms with Crippen LogP contribution in [0.2, 0.25) is 0 Å². The van der Waals surface area contributed by atoms with E-state index >= 15 is 0 Å². The van der Waals surface area contributed by atoms with Crippen LogP contribution < -0.4 is 10.2 Å². The molecular weight excluding hydrogens is 362 g/mol. The highest BCUT2D eigenvalue weighted by atomic mass is 32.2. The molecule has 150 valence electrons. The number of quaternary nitrogens is 1. The van der Waals surface area contributed by atoms with Gasteiger partial charge in [0.1, 0.15) is 0 Å². The van der Waals surface area contributed by atoms with Gasteiger partial charge in [-0.3, -0.25) is 4.79 Å². The highest BCUT2D eigenvalue weighted by Crippen LogP contribution is 2.23. The van der Waals surface area contributed by atoms with E-state index in [4.69, 9.17) is 0 Å². The van der Waals surface area contributed by atoms with Gasteiger partial charge in [-0.15, -0.1) is 0 Å². The Hall–Kier alpha value is -1.44. The second kappa shape index (κ2) is 8.71. The topological polar surface area (TPSA) is 70.9 Å². The average molecular weight is 395 g/mol. The molecule has 2 atom stereocenters. The second-order valence-electron chi connectivity index (χ2n) is 8.08. The molecule has 2 N–H and O–H groups in total. The average Bonchev–Trinajstić information content (AvgIpc) is 2.64. The molecule has 2 aliphatic rings. The summed E-state index contributed by atoms with van der Waals surface area (Å²) in [4.78, 5) is 13.9. The molecule has 0 radical (unpaired) electrons. The quantitative estimate of drug-likeness (QED) is 0.768. The fraction of sp³-hybridized carbons (Fsp3) is 0.650. The minimum atomic E-state index is -3.44. The van der Waals surface area contributed by atoms with Crippen molar-refractivity contribution in [1.82, 2.24) is 9.62 Å². The summed E-state index contributed by atoms with van der Waals surface area (Å²) < 4.78 is 27.1. The zero-order valence-corrected chi connectivity index (χ0v) is 17.2. The number of sulfonamides is 1. The van der Waals surface area contributed by atoms with Crippen molar-refractivity contribution in [3.05, 3.63) is 29.8 Å². The molecule has 1 amide bonds. The molecule has 1 aromatic carbocycles. The number of carbonyl (C=O) groups is 1. The maximum atomic E-state index is 12.8. The van der Waals surface area contributed by atoms with Gasteiger partial charge in [0.15, 0.2) is 6.54 Å². The number of carbonyl (C=O) groups excluding carboxylic acids is 1. The van der Waals surface area contributed by atoms with E-state index in [1.54, 1.807) is 16.4 Å². The highest BCUT2D eigenvalue weighted by Gasteiger charge is 2.31. The number of nitrogens with zero attached hydrogens (tertiary/aromatic N) is 1. The molecule has 7 heteroatoms. The van der Waals surface area contributed by atoms with Gasteiger partial charge >= 0.3 is 0 Å². The molecule has 1 saturated heterocycles. The molecule has 1 aliphatic heterocycles. The van der Waals surface area contributed by atoms with Crippen LogP contribution in [0.1, 0.15) is 38.2 Å². The molecule has 0 unspecified atom stereocenters. The van der Waals surface area contributed by atoms with Crippen molar-refractivity contribution in [3.63, 3.8) is 0 Å². The lowest BCUT2D eigenvalue weighted by atomic mass is 9.86. The summed E-state index contributed by atoms with van der Waals surface area (Å²) in [7, 11) is -3.44. The molecule has 6 nitrogen and oxygen atoms in total. The third kappa shape index (κ3) is 5.09. The van der Waals surface area contributed by atoms with E-state index in [0.29, 0.717) is 49.6 Å². The van der Waals surface area contributed by atoms with Crippen LogP contribution in [0.4, 0.5) is 0 Å². The Morgan fingerprint density at radius 1 is 1.15 bits per heavy atom. The van der Waals surface area contributed by atoms with Crippen LogP contribution in [0, 0.1) is 12.8 Å². The van der Waals surface area contributed by atoms with Crippen molar-refractivity contribution < 1.29 is 18.1 Å². The second-order valence-corrected chi connectivity index (χ2v) is 10.0. The van der Waals surface area contributed by atoms with Crippen LogP contribution in [0.15, 0.2) is 29.2 Å². The highest BCUT2D eigenvalue weighted by molar-refractivity contribution is 7.89. The number of aryl methyl sites for hydroxylation is 1. The first-order valence-corrected chi connectivity index (χ1v) is 11.5. The number of amides is 1. The molecular formula is C20H32N3O3S+. The van der Waals surface area contributed by atoms with Gasteiger partial charge in [-0.1, -0.05) is 37.5 Å². The summed E-state index contributed by atoms with van der Waals surface area (Å²) in [5.74, 6) is 0.646. The van der Waals surface area contributed by atoms with Gasteiger partial charge in [0.05, 0.1) is 31.1 Å². The third-order valence-corrected chi connectivity index (χ3v) is 7.87. The first-order chi connectivity index (χ1) is 12.9. The molecule has 0 bridgehead atoms. The van der Waals surface area contributed by atoms with E-state index in [2.05, 4.69) is 12.2 Å². The summed E-state index contributed by atoms with van der Waals surface area (Å²) in [6, 6.07) is 7.29. The predicted molar refractivity (Wildman–Crippen MR) is 105 cm³/mol. The molecule has 27 heavy (non-hydrogen) atoms. The van der Waals surface area contributed by atoms with Gasteiger partial charge in [-0.25, -0.2) is 8.42 Å². The fourth-order valence-electron chi connectivity index (χ4n) is 4.09. The SMILES string of the molecule is Cc1ccc(S(=O)(=O)N2CC[NH+](CC(=O)N[C@@H]3CCCC[C@@H]3C)CC2)cc1. The Morgan fingerprint density at radius 3 is 2.41 bits per heavy atom. The minimum absolute atomic E-state index is 0.0959. The molecule has 3 rings (SSSR count). The summed E-state index contributed by atoms with van der Waals surface area (Å²) >= 11 is 0. The third-order valence-electron chi connectivity index (χ3n) is 5.96. The van der Waals surface area contributed by atoms with Crippen LogP contribution >= 0.6 is 0 Å². The summed E-state index contributed by atoms with van der Waals surface area (Å²) in [5, 5.41) is 3.20. The molecule has 1 aromatic rings. The van der Waals surface area contributed by atoms with Crippen LogP contribution in [-0.4, -0.2) is 57.4 Å². The first-order valence-electron chi connectivity index (χ1n) is 10.1. The van der Waals surface area contributed by atoms with Crippen molar-refractivity contribution in [2.45, 2.75) is 50.5 Å². The summed E-state index contributed by atoms with van der Waals surface area (Å²) in [6.45, 7) is 6.83. The van der Waals surface area contributed by atoms with Crippen molar-refractivity contribution in [2.24, 2.45) is 5.92 Å². The number of nitrogens with one attached hydrogen (secondary N) is 2. The van der Waals surface area contributed by atoms with Crippen molar-refractivity contribution in [1.29, 1.82) is 0 Å². The predicted octanol–water partition coefficient (Wildman–Crippen LogP) is 0.579. The Bertz CT molecular complexity index is 740. The largest absolute Gasteiger partial charge is 0.348 e. The summed E-state index contributed by atoms with van der Waals surface area (Å²) in [5.41, 5.74) is 1.04. The van der Waals surface area contributed by atoms with E-state index < -0.39 is 10.0 Å². The summed E-state index contributed by atoms with van der Waals surface area (Å²) in [6.07, 6.45) is 4.71. The van der Waals surface area contributed by atoms with Crippen molar-refractivity contribution in [3.8, 4) is 0 Å². The Balaban J connectivity index is 1.49. The Morgan fingerprint density at radius 2 is 1.78 bits per heavy atom. The van der Waals surface area contributed by atoms with Gasteiger partial charge in [-0.2, -0.15) is 4.31 Å². The standard InChI is InChI=1S/C20H31N3O3S/c1-16-7-9-18(10-8-16)27(25,26)23-13-11-22(12-14-23)15-20(24)21-19-6-4-3-5-17(19)2/h7-10,17,19H,3-6,11-15H2,1-2H3,(H,21,24)/p+1/t17-,19+/m0/s1. The zero-order valence-electron chi connectivity index (χ0n) is 16.4. The van der Waals surface area contributed by atoms with Crippen molar-refractivity contribution >= 4 is 15.9 Å². The first kappa shape index (κ1) is 20.3. The number of piperazine rings is 1. The minimum Gasteiger partial charge on any atom is -0.348 e. The number of benzene rings is 1. The van der Waals surface area contributed by atoms with Gasteiger partial charge < -0.3 is 10.2 Å². The monoisotopic (exact) mass is 394 g/mol. The molecule has 0 aromatic heterocycles. The fourth-order valence-corrected chi connectivity index (χ4v) is 5.54. The molecule has 1 aliphatic carbocycles. The van der Waals surface area contributed by atoms with Crippen LogP contribution in [0.3, 0.4) is 0 Å². The number of hydrogen-bond donors (Lipinski definition) is 2. The number of hydrogen-bond acceptors (Lipinski definition) is 3. The van der Waals surface area contributed by atoms with Gasteiger partial charge in [0, 0.05) is 6.04 Å². The van der Waals surface area contributed by atoms with E-state index in [-0.39, 0.29) is 5.91 Å². The smallest absolute Gasteiger partial charge is 0.275 e.